The number of nitrogens with one attached hydrogen (secondary N) is 1. The molecule has 0 aliphatic heterocycles. The van der Waals surface area contributed by atoms with E-state index in [1.807, 2.05) is 20.0 Å². The lowest BCUT2D eigenvalue weighted by Crippen LogP contribution is -2.12. The molecule has 4 aromatic heterocycles. The summed E-state index contributed by atoms with van der Waals surface area (Å²) in [5, 5.41) is 15.3. The molecular weight excluding hydrogens is 480 g/mol. The molecule has 0 unspecified atom stereocenters. The van der Waals surface area contributed by atoms with Gasteiger partial charge in [-0.1, -0.05) is 0 Å². The van der Waals surface area contributed by atoms with Crippen LogP contribution < -0.4 is 5.32 Å². The van der Waals surface area contributed by atoms with Crippen LogP contribution in [0.1, 0.15) is 28.5 Å². The van der Waals surface area contributed by atoms with Crippen LogP contribution in [-0.2, 0) is 13.1 Å². The van der Waals surface area contributed by atoms with Crippen LogP contribution in [-0.4, -0.2) is 40.1 Å². The Kier molecular flexibility index (Phi) is 5.74. The van der Waals surface area contributed by atoms with Gasteiger partial charge in [-0.3, -0.25) is 14.2 Å². The van der Waals surface area contributed by atoms with Gasteiger partial charge in [0, 0.05) is 42.3 Å². The third kappa shape index (κ3) is 3.97. The molecule has 0 saturated heterocycles. The van der Waals surface area contributed by atoms with Crippen LogP contribution in [0, 0.1) is 30.2 Å². The fraction of sp³-hybridized carbons (Fsp3) is 0.174. The van der Waals surface area contributed by atoms with Crippen molar-refractivity contribution in [1.29, 1.82) is 0 Å². The van der Waals surface area contributed by atoms with Gasteiger partial charge in [0.1, 0.15) is 11.4 Å². The molecule has 5 rings (SSSR count). The van der Waals surface area contributed by atoms with E-state index in [4.69, 9.17) is 0 Å². The van der Waals surface area contributed by atoms with E-state index in [0.717, 1.165) is 15.9 Å². The lowest BCUT2D eigenvalue weighted by molar-refractivity contribution is 0.102. The summed E-state index contributed by atoms with van der Waals surface area (Å²) in [4.78, 5) is 17.2. The fourth-order valence-electron chi connectivity index (χ4n) is 3.81. The summed E-state index contributed by atoms with van der Waals surface area (Å²) < 4.78 is 59.0. The lowest BCUT2D eigenvalue weighted by atomic mass is 10.2. The highest BCUT2D eigenvalue weighted by atomic mass is 19.2. The number of hydrogen-bond donors (Lipinski definition) is 1. The first kappa shape index (κ1) is 23.2. The van der Waals surface area contributed by atoms with Crippen molar-refractivity contribution in [3.05, 3.63) is 83.2 Å². The zero-order valence-corrected chi connectivity index (χ0v) is 19.0. The Labute approximate surface area is 201 Å². The maximum atomic E-state index is 14.0. The van der Waals surface area contributed by atoms with E-state index in [1.54, 1.807) is 16.9 Å². The van der Waals surface area contributed by atoms with Crippen LogP contribution >= 0.6 is 0 Å². The lowest BCUT2D eigenvalue weighted by Gasteiger charge is -2.07. The second-order valence-electron chi connectivity index (χ2n) is 7.94. The predicted molar refractivity (Wildman–Crippen MR) is 120 cm³/mol. The van der Waals surface area contributed by atoms with E-state index < -0.39 is 41.3 Å². The second kappa shape index (κ2) is 8.91. The Balaban J connectivity index is 1.39. The topological polar surface area (TPSA) is 94.9 Å². The summed E-state index contributed by atoms with van der Waals surface area (Å²) in [5.74, 6) is -6.83. The number of halogens is 4. The van der Waals surface area contributed by atoms with Gasteiger partial charge in [0.25, 0.3) is 5.91 Å². The summed E-state index contributed by atoms with van der Waals surface area (Å²) in [6.07, 6.45) is 7.37. The Bertz CT molecular complexity index is 1620. The number of amides is 1. The highest BCUT2D eigenvalue weighted by molar-refractivity contribution is 6.08. The van der Waals surface area contributed by atoms with Gasteiger partial charge in [-0.25, -0.2) is 27.1 Å². The molecule has 9 nitrogen and oxygen atoms in total. The molecule has 0 fully saturated rings. The zero-order chi connectivity index (χ0) is 25.6. The van der Waals surface area contributed by atoms with Crippen LogP contribution in [0.2, 0.25) is 0 Å². The molecule has 1 amide bonds. The van der Waals surface area contributed by atoms with E-state index in [9.17, 15) is 22.4 Å². The first-order chi connectivity index (χ1) is 17.3. The third-order valence-corrected chi connectivity index (χ3v) is 5.61. The average molecular weight is 498 g/mol. The molecule has 0 aliphatic carbocycles. The zero-order valence-electron chi connectivity index (χ0n) is 19.0. The van der Waals surface area contributed by atoms with Gasteiger partial charge in [-0.15, -0.1) is 0 Å². The molecule has 5 aromatic rings. The number of fused-ring (bicyclic) bond motifs is 1. The van der Waals surface area contributed by atoms with E-state index >= 15 is 0 Å². The summed E-state index contributed by atoms with van der Waals surface area (Å²) in [7, 11) is 0. The SMILES string of the molecule is CCn1cc(-c2ccnc3c(C(=O)Nc4cnn(Cc5c(F)cc(F)c(F)c5F)c4)cnn23)c(C)n1. The van der Waals surface area contributed by atoms with Crippen LogP contribution in [0.5, 0.6) is 0 Å². The Morgan fingerprint density at radius 3 is 2.58 bits per heavy atom. The monoisotopic (exact) mass is 498 g/mol. The minimum atomic E-state index is -1.77. The maximum absolute atomic E-state index is 14.0. The number of anilines is 1. The first-order valence-corrected chi connectivity index (χ1v) is 10.8. The number of nitrogens with zero attached hydrogens (tertiary/aromatic N) is 7. The Morgan fingerprint density at radius 2 is 1.83 bits per heavy atom. The van der Waals surface area contributed by atoms with Crippen molar-refractivity contribution in [3.8, 4) is 11.3 Å². The molecule has 0 aliphatic rings. The van der Waals surface area contributed by atoms with Crippen molar-refractivity contribution in [2.75, 3.05) is 5.32 Å². The van der Waals surface area contributed by atoms with Gasteiger partial charge in [0.2, 0.25) is 0 Å². The quantitative estimate of drug-likeness (QED) is 0.217. The van der Waals surface area contributed by atoms with Gasteiger partial charge in [0.15, 0.2) is 23.1 Å². The minimum absolute atomic E-state index is 0.183. The molecule has 1 aromatic carbocycles. The first-order valence-electron chi connectivity index (χ1n) is 10.8. The standard InChI is InChI=1S/C23H18F4N8O/c1-3-33-10-15(12(2)32-33)19-4-5-28-22-14(8-30-35(19)22)23(36)31-13-7-29-34(9-13)11-16-17(24)6-18(25)21(27)20(16)26/h4-10H,3,11H2,1-2H3,(H,31,36). The largest absolute Gasteiger partial charge is 0.319 e. The van der Waals surface area contributed by atoms with Crippen molar-refractivity contribution in [2.24, 2.45) is 0 Å². The highest BCUT2D eigenvalue weighted by Crippen LogP contribution is 2.24. The fourth-order valence-corrected chi connectivity index (χ4v) is 3.81. The second-order valence-corrected chi connectivity index (χ2v) is 7.94. The van der Waals surface area contributed by atoms with Gasteiger partial charge in [0.05, 0.1) is 36.0 Å². The van der Waals surface area contributed by atoms with Gasteiger partial charge in [-0.2, -0.15) is 15.3 Å². The number of aryl methyl sites for hydroxylation is 2. The molecule has 13 heteroatoms. The average Bonchev–Trinajstić information content (AvgIpc) is 3.58. The summed E-state index contributed by atoms with van der Waals surface area (Å²) in [5.41, 5.74) is 2.36. The van der Waals surface area contributed by atoms with Crippen molar-refractivity contribution in [3.63, 3.8) is 0 Å². The van der Waals surface area contributed by atoms with Gasteiger partial charge < -0.3 is 5.32 Å². The van der Waals surface area contributed by atoms with Crippen LogP contribution in [0.4, 0.5) is 23.2 Å². The number of benzene rings is 1. The van der Waals surface area contributed by atoms with E-state index in [1.165, 1.54) is 23.1 Å². The molecule has 0 radical (unpaired) electrons. The van der Waals surface area contributed by atoms with E-state index in [0.29, 0.717) is 17.9 Å². The van der Waals surface area contributed by atoms with E-state index in [2.05, 4.69) is 25.6 Å². The van der Waals surface area contributed by atoms with Crippen molar-refractivity contribution >= 4 is 17.2 Å². The molecule has 0 saturated carbocycles. The van der Waals surface area contributed by atoms with Gasteiger partial charge in [-0.05, 0) is 19.9 Å². The third-order valence-electron chi connectivity index (χ3n) is 5.61. The molecule has 184 valence electrons. The van der Waals surface area contributed by atoms with Crippen LogP contribution in [0.3, 0.4) is 0 Å². The number of aromatic nitrogens is 7. The van der Waals surface area contributed by atoms with Crippen LogP contribution in [0.15, 0.2) is 43.1 Å². The van der Waals surface area contributed by atoms with Crippen LogP contribution in [0.25, 0.3) is 16.9 Å². The predicted octanol–water partition coefficient (Wildman–Crippen LogP) is 3.97. The summed E-state index contributed by atoms with van der Waals surface area (Å²) in [6, 6.07) is 2.04. The molecule has 0 atom stereocenters. The number of carbonyl (C=O) groups excluding carboxylic acids is 1. The Hall–Kier alpha value is -4.55. The number of carbonyl (C=O) groups is 1. The normalized spacial score (nSPS) is 11.4. The molecule has 4 heterocycles. The maximum Gasteiger partial charge on any atom is 0.261 e. The molecule has 0 spiro atoms. The molecule has 36 heavy (non-hydrogen) atoms. The molecule has 1 N–H and O–H groups in total. The van der Waals surface area contributed by atoms with Crippen molar-refractivity contribution < 1.29 is 22.4 Å². The van der Waals surface area contributed by atoms with E-state index in [-0.39, 0.29) is 17.3 Å². The Morgan fingerprint density at radius 1 is 1.03 bits per heavy atom. The molecule has 0 bridgehead atoms. The van der Waals surface area contributed by atoms with Crippen molar-refractivity contribution in [2.45, 2.75) is 26.9 Å². The minimum Gasteiger partial charge on any atom is -0.319 e. The van der Waals surface area contributed by atoms with Crippen molar-refractivity contribution in [1.82, 2.24) is 34.2 Å². The molecular formula is C23H18F4N8O. The highest BCUT2D eigenvalue weighted by Gasteiger charge is 2.21. The van der Waals surface area contributed by atoms with Gasteiger partial charge >= 0.3 is 0 Å². The summed E-state index contributed by atoms with van der Waals surface area (Å²) in [6.45, 7) is 4.03. The number of rotatable bonds is 6. The number of hydrogen-bond acceptors (Lipinski definition) is 5. The smallest absolute Gasteiger partial charge is 0.261 e. The summed E-state index contributed by atoms with van der Waals surface area (Å²) >= 11 is 0.